The van der Waals surface area contributed by atoms with Crippen LogP contribution in [0.2, 0.25) is 0 Å². The molecule has 0 aliphatic heterocycles. The van der Waals surface area contributed by atoms with Gasteiger partial charge in [-0.3, -0.25) is 10.0 Å². The summed E-state index contributed by atoms with van der Waals surface area (Å²) < 4.78 is 0. The molecule has 0 spiro atoms. The van der Waals surface area contributed by atoms with Crippen LogP contribution in [0.15, 0.2) is 66.7 Å². The van der Waals surface area contributed by atoms with Gasteiger partial charge in [0.1, 0.15) is 4.88 Å². The van der Waals surface area contributed by atoms with Gasteiger partial charge in [0.05, 0.1) is 0 Å². The molecule has 1 aromatic heterocycles. The lowest BCUT2D eigenvalue weighted by atomic mass is 10.1. The molecule has 2 aromatic carbocycles. The Hall–Kier alpha value is -2.47. The molecule has 3 rings (SSSR count). The minimum atomic E-state index is -0.473. The summed E-state index contributed by atoms with van der Waals surface area (Å²) in [5, 5.41) is 12.4. The van der Waals surface area contributed by atoms with E-state index in [9.17, 15) is 4.79 Å². The maximum atomic E-state index is 12.0. The zero-order valence-corrected chi connectivity index (χ0v) is 14.6. The van der Waals surface area contributed by atoms with Crippen molar-refractivity contribution in [3.05, 3.63) is 82.0 Å². The van der Waals surface area contributed by atoms with Gasteiger partial charge in [-0.2, -0.15) is 0 Å². The van der Waals surface area contributed by atoms with Crippen molar-refractivity contribution in [3.8, 4) is 11.1 Å². The summed E-state index contributed by atoms with van der Waals surface area (Å²) in [5.74, 6) is -0.473. The van der Waals surface area contributed by atoms with E-state index in [4.69, 9.17) is 5.21 Å². The van der Waals surface area contributed by atoms with Gasteiger partial charge in [0.25, 0.3) is 5.91 Å². The van der Waals surface area contributed by atoms with Crippen molar-refractivity contribution in [1.82, 2.24) is 10.8 Å². The van der Waals surface area contributed by atoms with E-state index >= 15 is 0 Å². The summed E-state index contributed by atoms with van der Waals surface area (Å²) in [6, 6.07) is 22.1. The summed E-state index contributed by atoms with van der Waals surface area (Å²) in [5.41, 5.74) is 4.85. The third-order valence-electron chi connectivity index (χ3n) is 3.91. The molecule has 0 fully saturated rings. The van der Waals surface area contributed by atoms with Crippen LogP contribution in [-0.2, 0) is 13.0 Å². The minimum absolute atomic E-state index is 0.473. The quantitative estimate of drug-likeness (QED) is 0.344. The largest absolute Gasteiger partial charge is 0.312 e. The van der Waals surface area contributed by atoms with Gasteiger partial charge >= 0.3 is 0 Å². The van der Waals surface area contributed by atoms with Crippen molar-refractivity contribution in [3.63, 3.8) is 0 Å². The first-order valence-electron chi connectivity index (χ1n) is 8.15. The number of rotatable bonds is 7. The number of nitrogens with one attached hydrogen (secondary N) is 2. The normalized spacial score (nSPS) is 10.6. The average Bonchev–Trinajstić information content (AvgIpc) is 3.10. The van der Waals surface area contributed by atoms with Crippen molar-refractivity contribution >= 4 is 17.2 Å². The number of amides is 1. The average molecular weight is 352 g/mol. The van der Waals surface area contributed by atoms with Crippen LogP contribution in [-0.4, -0.2) is 17.7 Å². The lowest BCUT2D eigenvalue weighted by molar-refractivity contribution is 0.0711. The van der Waals surface area contributed by atoms with E-state index in [1.54, 1.807) is 5.48 Å². The highest BCUT2D eigenvalue weighted by molar-refractivity contribution is 7.14. The summed E-state index contributed by atoms with van der Waals surface area (Å²) in [6.45, 7) is 1.56. The molecule has 1 amide bonds. The summed E-state index contributed by atoms with van der Waals surface area (Å²) in [7, 11) is 0. The summed E-state index contributed by atoms with van der Waals surface area (Å²) in [6.07, 6.45) is 0.960. The first kappa shape index (κ1) is 17.4. The molecule has 0 unspecified atom stereocenters. The number of hydrogen-bond acceptors (Lipinski definition) is 4. The van der Waals surface area contributed by atoms with Gasteiger partial charge in [-0.1, -0.05) is 60.7 Å². The molecular weight excluding hydrogens is 332 g/mol. The highest BCUT2D eigenvalue weighted by Crippen LogP contribution is 2.31. The molecular formula is C20H20N2O2S. The third-order valence-corrected chi connectivity index (χ3v) is 5.04. The molecule has 0 radical (unpaired) electrons. The van der Waals surface area contributed by atoms with E-state index in [0.717, 1.165) is 29.0 Å². The maximum Gasteiger partial charge on any atom is 0.285 e. The standard InChI is InChI=1S/C20H20N2O2S/c23-20(22-24)19-18(16-9-5-2-6-10-16)13-17(25-19)14-21-12-11-15-7-3-1-4-8-15/h1-10,13,21,24H,11-12,14H2,(H,22,23). The second-order valence-corrected chi connectivity index (χ2v) is 6.81. The van der Waals surface area contributed by atoms with Crippen LogP contribution < -0.4 is 10.8 Å². The maximum absolute atomic E-state index is 12.0. The van der Waals surface area contributed by atoms with Crippen molar-refractivity contribution in [1.29, 1.82) is 0 Å². The van der Waals surface area contributed by atoms with Crippen LogP contribution in [0.1, 0.15) is 20.1 Å². The van der Waals surface area contributed by atoms with Crippen molar-refractivity contribution < 1.29 is 10.0 Å². The number of carbonyl (C=O) groups excluding carboxylic acids is 1. The molecule has 0 saturated heterocycles. The molecule has 4 nitrogen and oxygen atoms in total. The Morgan fingerprint density at radius 3 is 2.36 bits per heavy atom. The van der Waals surface area contributed by atoms with Crippen LogP contribution in [0, 0.1) is 0 Å². The Morgan fingerprint density at radius 2 is 1.68 bits per heavy atom. The van der Waals surface area contributed by atoms with E-state index in [1.807, 2.05) is 54.6 Å². The third kappa shape index (κ3) is 4.54. The molecule has 1 heterocycles. The molecule has 5 heteroatoms. The zero-order chi connectivity index (χ0) is 17.5. The van der Waals surface area contributed by atoms with E-state index in [-0.39, 0.29) is 0 Å². The second kappa shape index (κ2) is 8.58. The fraction of sp³-hybridized carbons (Fsp3) is 0.150. The van der Waals surface area contributed by atoms with Crippen molar-refractivity contribution in [2.24, 2.45) is 0 Å². The van der Waals surface area contributed by atoms with Crippen molar-refractivity contribution in [2.75, 3.05) is 6.54 Å². The number of benzene rings is 2. The smallest absolute Gasteiger partial charge is 0.285 e. The van der Waals surface area contributed by atoms with E-state index < -0.39 is 5.91 Å². The SMILES string of the molecule is O=C(NO)c1sc(CNCCc2ccccc2)cc1-c1ccccc1. The Morgan fingerprint density at radius 1 is 1.00 bits per heavy atom. The predicted octanol–water partition coefficient (Wildman–Crippen LogP) is 3.87. The van der Waals surface area contributed by atoms with Crippen molar-refractivity contribution in [2.45, 2.75) is 13.0 Å². The first-order valence-corrected chi connectivity index (χ1v) is 8.97. The van der Waals surface area contributed by atoms with Gasteiger partial charge in [0.15, 0.2) is 0 Å². The monoisotopic (exact) mass is 352 g/mol. The zero-order valence-electron chi connectivity index (χ0n) is 13.7. The number of thiophene rings is 1. The number of hydrogen-bond donors (Lipinski definition) is 3. The van der Waals surface area contributed by atoms with Gasteiger partial charge < -0.3 is 5.32 Å². The topological polar surface area (TPSA) is 61.4 Å². The Kier molecular flexibility index (Phi) is 5.95. The highest BCUT2D eigenvalue weighted by Gasteiger charge is 2.17. The number of carbonyl (C=O) groups is 1. The fourth-order valence-electron chi connectivity index (χ4n) is 2.67. The molecule has 0 atom stereocenters. The molecule has 25 heavy (non-hydrogen) atoms. The predicted molar refractivity (Wildman–Crippen MR) is 101 cm³/mol. The summed E-state index contributed by atoms with van der Waals surface area (Å²) >= 11 is 1.40. The summed E-state index contributed by atoms with van der Waals surface area (Å²) in [4.78, 5) is 13.5. The van der Waals surface area contributed by atoms with E-state index in [1.165, 1.54) is 16.9 Å². The van der Waals surface area contributed by atoms with Gasteiger partial charge in [-0.05, 0) is 30.2 Å². The van der Waals surface area contributed by atoms with E-state index in [2.05, 4.69) is 17.4 Å². The Labute approximate surface area is 151 Å². The van der Waals surface area contributed by atoms with Gasteiger partial charge in [-0.25, -0.2) is 5.48 Å². The Bertz CT molecular complexity index is 816. The van der Waals surface area contributed by atoms with Crippen LogP contribution in [0.25, 0.3) is 11.1 Å². The van der Waals surface area contributed by atoms with Crippen LogP contribution >= 0.6 is 11.3 Å². The minimum Gasteiger partial charge on any atom is -0.312 e. The fourth-order valence-corrected chi connectivity index (χ4v) is 3.71. The van der Waals surface area contributed by atoms with Crippen LogP contribution in [0.5, 0.6) is 0 Å². The second-order valence-electron chi connectivity index (χ2n) is 5.67. The van der Waals surface area contributed by atoms with Crippen LogP contribution in [0.4, 0.5) is 0 Å². The Balaban J connectivity index is 1.67. The van der Waals surface area contributed by atoms with Crippen LogP contribution in [0.3, 0.4) is 0 Å². The van der Waals surface area contributed by atoms with Gasteiger partial charge in [-0.15, -0.1) is 11.3 Å². The molecule has 3 N–H and O–H groups in total. The molecule has 0 aliphatic carbocycles. The molecule has 0 saturated carbocycles. The first-order chi connectivity index (χ1) is 12.3. The highest BCUT2D eigenvalue weighted by atomic mass is 32.1. The van der Waals surface area contributed by atoms with Gasteiger partial charge in [0.2, 0.25) is 0 Å². The molecule has 128 valence electrons. The lowest BCUT2D eigenvalue weighted by Gasteiger charge is -2.03. The molecule has 3 aromatic rings. The number of hydroxylamine groups is 1. The molecule has 0 bridgehead atoms. The molecule has 0 aliphatic rings. The lowest BCUT2D eigenvalue weighted by Crippen LogP contribution is -2.18. The van der Waals surface area contributed by atoms with E-state index in [0.29, 0.717) is 11.4 Å². The van der Waals surface area contributed by atoms with Gasteiger partial charge in [0, 0.05) is 17.0 Å².